The Hall–Kier alpha value is -1.43. The van der Waals surface area contributed by atoms with Gasteiger partial charge in [0.25, 0.3) is 0 Å². The molecule has 1 aromatic heterocycles. The monoisotopic (exact) mass is 354 g/mol. The predicted molar refractivity (Wildman–Crippen MR) is 83.2 cm³/mol. The predicted octanol–water partition coefficient (Wildman–Crippen LogP) is 3.46. The first-order chi connectivity index (χ1) is 10.0. The van der Waals surface area contributed by atoms with Crippen molar-refractivity contribution in [1.29, 1.82) is 0 Å². The lowest BCUT2D eigenvalue weighted by Crippen LogP contribution is -2.26. The van der Waals surface area contributed by atoms with Crippen LogP contribution in [0.15, 0.2) is 10.5 Å². The Kier molecular flexibility index (Phi) is 5.33. The number of aromatic nitrogens is 1. The zero-order chi connectivity index (χ0) is 15.4. The number of carbonyl (C=O) groups excluding carboxylic acids is 2. The van der Waals surface area contributed by atoms with Crippen molar-refractivity contribution in [2.45, 2.75) is 39.0 Å². The van der Waals surface area contributed by atoms with Gasteiger partial charge in [0.1, 0.15) is 5.82 Å². The quantitative estimate of drug-likeness (QED) is 0.844. The van der Waals surface area contributed by atoms with Crippen molar-refractivity contribution >= 4 is 33.6 Å². The molecule has 6 heteroatoms. The zero-order valence-electron chi connectivity index (χ0n) is 12.2. The molecule has 2 rings (SSSR count). The Morgan fingerprint density at radius 2 is 2.00 bits per heavy atom. The first kappa shape index (κ1) is 15.9. The second kappa shape index (κ2) is 7.02. The minimum Gasteiger partial charge on any atom is -0.464 e. The summed E-state index contributed by atoms with van der Waals surface area (Å²) in [6.45, 7) is 1.84. The lowest BCUT2D eigenvalue weighted by Gasteiger charge is -2.21. The maximum atomic E-state index is 12.3. The van der Waals surface area contributed by atoms with Crippen molar-refractivity contribution in [2.24, 2.45) is 5.92 Å². The largest absolute Gasteiger partial charge is 0.464 e. The zero-order valence-corrected chi connectivity index (χ0v) is 13.8. The molecule has 0 unspecified atom stereocenters. The summed E-state index contributed by atoms with van der Waals surface area (Å²) in [5.41, 5.74) is 0.973. The smallest absolute Gasteiger partial charge is 0.357 e. The van der Waals surface area contributed by atoms with E-state index >= 15 is 0 Å². The second-order valence-electron chi connectivity index (χ2n) is 5.30. The number of pyridine rings is 1. The van der Waals surface area contributed by atoms with E-state index in [1.807, 2.05) is 6.92 Å². The van der Waals surface area contributed by atoms with Gasteiger partial charge in [-0.2, -0.15) is 0 Å². The van der Waals surface area contributed by atoms with Crippen molar-refractivity contribution < 1.29 is 14.3 Å². The molecule has 0 atom stereocenters. The molecule has 1 aromatic rings. The van der Waals surface area contributed by atoms with Crippen LogP contribution < -0.4 is 5.32 Å². The second-order valence-corrected chi connectivity index (χ2v) is 6.15. The Bertz CT molecular complexity index is 554. The molecule has 114 valence electrons. The fourth-order valence-corrected chi connectivity index (χ4v) is 3.12. The minimum atomic E-state index is -0.532. The van der Waals surface area contributed by atoms with E-state index in [0.717, 1.165) is 31.2 Å². The van der Waals surface area contributed by atoms with Crippen molar-refractivity contribution in [3.8, 4) is 0 Å². The van der Waals surface area contributed by atoms with E-state index in [4.69, 9.17) is 0 Å². The van der Waals surface area contributed by atoms with Gasteiger partial charge in [-0.25, -0.2) is 9.78 Å². The van der Waals surface area contributed by atoms with Crippen LogP contribution in [-0.4, -0.2) is 24.0 Å². The Morgan fingerprint density at radius 3 is 2.62 bits per heavy atom. The van der Waals surface area contributed by atoms with E-state index in [9.17, 15) is 9.59 Å². The van der Waals surface area contributed by atoms with Gasteiger partial charge < -0.3 is 10.1 Å². The topological polar surface area (TPSA) is 68.3 Å². The number of amides is 1. The molecule has 1 aliphatic rings. The number of hydrogen-bond acceptors (Lipinski definition) is 4. The van der Waals surface area contributed by atoms with E-state index in [2.05, 4.69) is 31.0 Å². The Morgan fingerprint density at radius 1 is 1.33 bits per heavy atom. The third-order valence-electron chi connectivity index (χ3n) is 3.76. The molecule has 1 fully saturated rings. The minimum absolute atomic E-state index is 0.0107. The van der Waals surface area contributed by atoms with Crippen LogP contribution in [0.3, 0.4) is 0 Å². The molecule has 0 radical (unpaired) electrons. The van der Waals surface area contributed by atoms with Crippen LogP contribution in [0.1, 0.15) is 48.2 Å². The molecule has 0 bridgehead atoms. The number of ether oxygens (including phenoxy) is 1. The summed E-state index contributed by atoms with van der Waals surface area (Å²) >= 11 is 3.29. The van der Waals surface area contributed by atoms with Crippen molar-refractivity contribution in [3.05, 3.63) is 21.8 Å². The van der Waals surface area contributed by atoms with Gasteiger partial charge in [-0.15, -0.1) is 0 Å². The van der Waals surface area contributed by atoms with Gasteiger partial charge in [0.05, 0.1) is 11.6 Å². The van der Waals surface area contributed by atoms with Crippen molar-refractivity contribution in [1.82, 2.24) is 4.98 Å². The van der Waals surface area contributed by atoms with Crippen molar-refractivity contribution in [3.63, 3.8) is 0 Å². The number of nitrogens with zero attached hydrogens (tertiary/aromatic N) is 1. The molecule has 1 saturated carbocycles. The first-order valence-corrected chi connectivity index (χ1v) is 7.88. The van der Waals surface area contributed by atoms with Crippen LogP contribution in [0.25, 0.3) is 0 Å². The fourth-order valence-electron chi connectivity index (χ4n) is 2.53. The van der Waals surface area contributed by atoms with E-state index in [0.29, 0.717) is 10.3 Å². The Balaban J connectivity index is 2.18. The van der Waals surface area contributed by atoms with Gasteiger partial charge in [-0.1, -0.05) is 19.3 Å². The highest BCUT2D eigenvalue weighted by Crippen LogP contribution is 2.27. The summed E-state index contributed by atoms with van der Waals surface area (Å²) in [6.07, 6.45) is 5.23. The summed E-state index contributed by atoms with van der Waals surface area (Å²) in [5.74, 6) is -0.0715. The van der Waals surface area contributed by atoms with Crippen molar-refractivity contribution in [2.75, 3.05) is 12.4 Å². The number of hydrogen-bond donors (Lipinski definition) is 1. The fraction of sp³-hybridized carbons (Fsp3) is 0.533. The van der Waals surface area contributed by atoms with Gasteiger partial charge >= 0.3 is 5.97 Å². The molecule has 0 saturated heterocycles. The molecule has 1 N–H and O–H groups in total. The van der Waals surface area contributed by atoms with Crippen LogP contribution in [-0.2, 0) is 9.53 Å². The summed E-state index contributed by atoms with van der Waals surface area (Å²) in [5, 5.41) is 2.85. The highest BCUT2D eigenvalue weighted by molar-refractivity contribution is 9.10. The molecule has 21 heavy (non-hydrogen) atoms. The van der Waals surface area contributed by atoms with E-state index in [1.165, 1.54) is 13.5 Å². The van der Waals surface area contributed by atoms with Gasteiger partial charge in [0, 0.05) is 5.92 Å². The molecule has 0 aromatic carbocycles. The lowest BCUT2D eigenvalue weighted by molar-refractivity contribution is -0.120. The molecule has 1 heterocycles. The van der Waals surface area contributed by atoms with E-state index < -0.39 is 5.97 Å². The molecular formula is C15H19BrN2O3. The molecule has 0 spiro atoms. The SMILES string of the molecule is COC(=O)c1nc(NC(=O)C2CCCCC2)c(C)cc1Br. The summed E-state index contributed by atoms with van der Waals surface area (Å²) in [6, 6.07) is 1.76. The molecule has 0 aliphatic heterocycles. The summed E-state index contributed by atoms with van der Waals surface area (Å²) < 4.78 is 5.25. The first-order valence-electron chi connectivity index (χ1n) is 7.09. The van der Waals surface area contributed by atoms with Gasteiger partial charge in [0.2, 0.25) is 5.91 Å². The number of esters is 1. The third-order valence-corrected chi connectivity index (χ3v) is 4.37. The highest BCUT2D eigenvalue weighted by atomic mass is 79.9. The molecule has 1 aliphatic carbocycles. The normalized spacial score (nSPS) is 15.6. The number of aryl methyl sites for hydroxylation is 1. The van der Waals surface area contributed by atoms with Crippen LogP contribution in [0.5, 0.6) is 0 Å². The van der Waals surface area contributed by atoms with Crippen LogP contribution in [0.2, 0.25) is 0 Å². The average molecular weight is 355 g/mol. The number of carbonyl (C=O) groups is 2. The van der Waals surface area contributed by atoms with E-state index in [1.54, 1.807) is 6.07 Å². The molecular weight excluding hydrogens is 336 g/mol. The third kappa shape index (κ3) is 3.81. The highest BCUT2D eigenvalue weighted by Gasteiger charge is 2.23. The van der Waals surface area contributed by atoms with Gasteiger partial charge in [0.15, 0.2) is 5.69 Å². The number of halogens is 1. The number of nitrogens with one attached hydrogen (secondary N) is 1. The summed E-state index contributed by atoms with van der Waals surface area (Å²) in [4.78, 5) is 28.2. The molecule has 1 amide bonds. The average Bonchev–Trinajstić information content (AvgIpc) is 2.50. The number of methoxy groups -OCH3 is 1. The van der Waals surface area contributed by atoms with Crippen LogP contribution >= 0.6 is 15.9 Å². The number of rotatable bonds is 3. The van der Waals surface area contributed by atoms with Gasteiger partial charge in [-0.05, 0) is 47.3 Å². The molecule has 5 nitrogen and oxygen atoms in total. The maximum absolute atomic E-state index is 12.3. The van der Waals surface area contributed by atoms with Crippen LogP contribution in [0, 0.1) is 12.8 Å². The maximum Gasteiger partial charge on any atom is 0.357 e. The van der Waals surface area contributed by atoms with E-state index in [-0.39, 0.29) is 17.5 Å². The standard InChI is InChI=1S/C15H19BrN2O3/c1-9-8-11(16)12(15(20)21-2)17-13(9)18-14(19)10-6-4-3-5-7-10/h8,10H,3-7H2,1-2H3,(H,17,18,19). The lowest BCUT2D eigenvalue weighted by atomic mass is 9.88. The summed E-state index contributed by atoms with van der Waals surface area (Å²) in [7, 11) is 1.30. The number of anilines is 1. The van der Waals surface area contributed by atoms with Crippen LogP contribution in [0.4, 0.5) is 5.82 Å². The Labute approximate surface area is 132 Å². The van der Waals surface area contributed by atoms with Gasteiger partial charge in [-0.3, -0.25) is 4.79 Å².